The second-order valence-corrected chi connectivity index (χ2v) is 3.18. The zero-order valence-electron chi connectivity index (χ0n) is 7.90. The summed E-state index contributed by atoms with van der Waals surface area (Å²) in [5.41, 5.74) is 6.81. The number of anilines is 1. The maximum atomic E-state index is 11.3. The number of pyridine rings is 1. The Morgan fingerprint density at radius 1 is 1.27 bits per heavy atom. The number of nitrogen functional groups attached to an aromatic ring is 1. The quantitative estimate of drug-likeness (QED) is 0.652. The Labute approximate surface area is 86.0 Å². The van der Waals surface area contributed by atoms with Gasteiger partial charge < -0.3 is 15.8 Å². The summed E-state index contributed by atoms with van der Waals surface area (Å²) in [5, 5.41) is 9.31. The van der Waals surface area contributed by atoms with Crippen LogP contribution in [0.3, 0.4) is 0 Å². The van der Waals surface area contributed by atoms with Gasteiger partial charge in [0.25, 0.3) is 5.56 Å². The number of hydrogen-bond donors (Lipinski definition) is 3. The lowest BCUT2D eigenvalue weighted by molar-refractivity contribution is 0.475. The molecule has 0 radical (unpaired) electrons. The summed E-state index contributed by atoms with van der Waals surface area (Å²) in [7, 11) is 0. The molecule has 1 aromatic heterocycles. The Morgan fingerprint density at radius 3 is 2.80 bits per heavy atom. The van der Waals surface area contributed by atoms with E-state index in [0.717, 1.165) is 5.56 Å². The Hall–Kier alpha value is -2.23. The van der Waals surface area contributed by atoms with E-state index in [1.54, 1.807) is 30.3 Å². The van der Waals surface area contributed by atoms with E-state index in [0.29, 0.717) is 5.56 Å². The van der Waals surface area contributed by atoms with E-state index in [4.69, 9.17) is 5.73 Å². The number of H-pyrrole nitrogens is 1. The summed E-state index contributed by atoms with van der Waals surface area (Å²) in [5.74, 6) is 0.146. The van der Waals surface area contributed by atoms with Crippen molar-refractivity contribution in [3.05, 3.63) is 46.9 Å². The first-order chi connectivity index (χ1) is 7.18. The van der Waals surface area contributed by atoms with Crippen molar-refractivity contribution in [1.29, 1.82) is 0 Å². The van der Waals surface area contributed by atoms with Crippen LogP contribution < -0.4 is 11.3 Å². The molecule has 1 heterocycles. The number of benzene rings is 1. The molecular weight excluding hydrogens is 192 g/mol. The number of nitrogens with two attached hydrogens (primary N) is 1. The molecule has 0 aliphatic rings. The van der Waals surface area contributed by atoms with Gasteiger partial charge in [0.2, 0.25) is 0 Å². The van der Waals surface area contributed by atoms with Crippen LogP contribution in [0.1, 0.15) is 0 Å². The van der Waals surface area contributed by atoms with Crippen LogP contribution in [-0.4, -0.2) is 10.1 Å². The van der Waals surface area contributed by atoms with Crippen molar-refractivity contribution in [1.82, 2.24) is 4.98 Å². The average molecular weight is 202 g/mol. The van der Waals surface area contributed by atoms with Crippen molar-refractivity contribution in [2.75, 3.05) is 5.73 Å². The highest BCUT2D eigenvalue weighted by atomic mass is 16.3. The second-order valence-electron chi connectivity index (χ2n) is 3.18. The molecule has 15 heavy (non-hydrogen) atoms. The minimum absolute atomic E-state index is 0.146. The summed E-state index contributed by atoms with van der Waals surface area (Å²) in [4.78, 5) is 13.7. The second kappa shape index (κ2) is 3.49. The molecule has 2 aromatic rings. The van der Waals surface area contributed by atoms with Crippen LogP contribution in [-0.2, 0) is 0 Å². The molecule has 0 aliphatic heterocycles. The molecule has 1 aromatic carbocycles. The van der Waals surface area contributed by atoms with Gasteiger partial charge in [0, 0.05) is 11.8 Å². The molecular formula is C11H10N2O2. The van der Waals surface area contributed by atoms with Crippen molar-refractivity contribution in [3.63, 3.8) is 0 Å². The molecule has 0 fully saturated rings. The van der Waals surface area contributed by atoms with Crippen LogP contribution in [0.2, 0.25) is 0 Å². The summed E-state index contributed by atoms with van der Waals surface area (Å²) in [6.45, 7) is 0. The third-order valence-electron chi connectivity index (χ3n) is 2.16. The fraction of sp³-hybridized carbons (Fsp3) is 0. The predicted molar refractivity (Wildman–Crippen MR) is 58.6 cm³/mol. The zero-order chi connectivity index (χ0) is 10.8. The number of rotatable bonds is 1. The first-order valence-corrected chi connectivity index (χ1v) is 4.45. The number of aromatic amines is 1. The number of phenols is 1. The van der Waals surface area contributed by atoms with Gasteiger partial charge in [-0.3, -0.25) is 4.79 Å². The molecule has 0 spiro atoms. The number of aromatic hydroxyl groups is 1. The van der Waals surface area contributed by atoms with Crippen LogP contribution in [0.5, 0.6) is 5.75 Å². The van der Waals surface area contributed by atoms with Crippen LogP contribution >= 0.6 is 0 Å². The Morgan fingerprint density at radius 2 is 2.07 bits per heavy atom. The van der Waals surface area contributed by atoms with Gasteiger partial charge >= 0.3 is 0 Å². The summed E-state index contributed by atoms with van der Waals surface area (Å²) < 4.78 is 0. The normalized spacial score (nSPS) is 10.1. The molecule has 0 unspecified atom stereocenters. The van der Waals surface area contributed by atoms with Crippen molar-refractivity contribution in [2.45, 2.75) is 0 Å². The Bertz CT molecular complexity index is 546. The molecule has 0 bridgehead atoms. The predicted octanol–water partition coefficient (Wildman–Crippen LogP) is 1.33. The van der Waals surface area contributed by atoms with Crippen molar-refractivity contribution in [2.24, 2.45) is 0 Å². The first kappa shape index (κ1) is 9.33. The van der Waals surface area contributed by atoms with E-state index < -0.39 is 0 Å². The van der Waals surface area contributed by atoms with Gasteiger partial charge in [0.15, 0.2) is 0 Å². The maximum absolute atomic E-state index is 11.3. The van der Waals surface area contributed by atoms with Gasteiger partial charge in [-0.2, -0.15) is 0 Å². The van der Waals surface area contributed by atoms with Crippen LogP contribution in [0.15, 0.2) is 41.3 Å². The monoisotopic (exact) mass is 202 g/mol. The summed E-state index contributed by atoms with van der Waals surface area (Å²) >= 11 is 0. The first-order valence-electron chi connectivity index (χ1n) is 4.45. The number of nitrogens with one attached hydrogen (secondary N) is 1. The van der Waals surface area contributed by atoms with E-state index in [9.17, 15) is 9.90 Å². The van der Waals surface area contributed by atoms with Gasteiger partial charge in [-0.1, -0.05) is 12.1 Å². The van der Waals surface area contributed by atoms with Crippen LogP contribution in [0, 0.1) is 0 Å². The minimum Gasteiger partial charge on any atom is -0.508 e. The van der Waals surface area contributed by atoms with E-state index in [1.165, 1.54) is 6.20 Å². The lowest BCUT2D eigenvalue weighted by Gasteiger charge is -2.04. The lowest BCUT2D eigenvalue weighted by Crippen LogP contribution is -2.11. The number of hydrogen-bond acceptors (Lipinski definition) is 3. The Kier molecular flexibility index (Phi) is 2.17. The SMILES string of the molecule is Nc1c(-c2cccc(O)c2)cc[nH]c1=O. The molecule has 0 atom stereocenters. The highest BCUT2D eigenvalue weighted by Crippen LogP contribution is 2.25. The molecule has 0 saturated carbocycles. The van der Waals surface area contributed by atoms with Gasteiger partial charge in [-0.15, -0.1) is 0 Å². The lowest BCUT2D eigenvalue weighted by atomic mass is 10.1. The molecule has 4 nitrogen and oxygen atoms in total. The molecule has 0 aliphatic carbocycles. The van der Waals surface area contributed by atoms with E-state index in [2.05, 4.69) is 4.98 Å². The van der Waals surface area contributed by atoms with Gasteiger partial charge in [-0.05, 0) is 23.8 Å². The zero-order valence-corrected chi connectivity index (χ0v) is 7.90. The van der Waals surface area contributed by atoms with E-state index >= 15 is 0 Å². The minimum atomic E-state index is -0.323. The van der Waals surface area contributed by atoms with E-state index in [-0.39, 0.29) is 17.0 Å². The maximum Gasteiger partial charge on any atom is 0.271 e. The van der Waals surface area contributed by atoms with Crippen LogP contribution in [0.25, 0.3) is 11.1 Å². The van der Waals surface area contributed by atoms with Crippen molar-refractivity contribution < 1.29 is 5.11 Å². The smallest absolute Gasteiger partial charge is 0.271 e. The fourth-order valence-corrected chi connectivity index (χ4v) is 1.42. The summed E-state index contributed by atoms with van der Waals surface area (Å²) in [6.07, 6.45) is 1.53. The van der Waals surface area contributed by atoms with Gasteiger partial charge in [0.05, 0.1) is 0 Å². The number of phenolic OH excluding ortho intramolecular Hbond substituents is 1. The largest absolute Gasteiger partial charge is 0.508 e. The van der Waals surface area contributed by atoms with Crippen molar-refractivity contribution in [3.8, 4) is 16.9 Å². The molecule has 76 valence electrons. The fourth-order valence-electron chi connectivity index (χ4n) is 1.42. The molecule has 4 heteroatoms. The highest BCUT2D eigenvalue weighted by molar-refractivity contribution is 5.75. The average Bonchev–Trinajstić information content (AvgIpc) is 2.22. The third-order valence-corrected chi connectivity index (χ3v) is 2.16. The van der Waals surface area contributed by atoms with Crippen LogP contribution in [0.4, 0.5) is 5.69 Å². The van der Waals surface area contributed by atoms with E-state index in [1.807, 2.05) is 0 Å². The molecule has 0 saturated heterocycles. The van der Waals surface area contributed by atoms with Crippen molar-refractivity contribution >= 4 is 5.69 Å². The summed E-state index contributed by atoms with van der Waals surface area (Å²) in [6, 6.07) is 8.31. The molecule has 2 rings (SSSR count). The topological polar surface area (TPSA) is 79.1 Å². The van der Waals surface area contributed by atoms with Gasteiger partial charge in [-0.25, -0.2) is 0 Å². The number of aromatic nitrogens is 1. The molecule has 4 N–H and O–H groups in total. The Balaban J connectivity index is 2.64. The molecule has 0 amide bonds. The highest BCUT2D eigenvalue weighted by Gasteiger charge is 2.05. The standard InChI is InChI=1S/C11H10N2O2/c12-10-9(4-5-13-11(10)15)7-2-1-3-8(14)6-7/h1-6,14H,12H2,(H,13,15). The van der Waals surface area contributed by atoms with Gasteiger partial charge in [0.1, 0.15) is 11.4 Å². The third kappa shape index (κ3) is 1.69.